The van der Waals surface area contributed by atoms with Crippen LogP contribution in [0, 0.1) is 11.7 Å². The number of benzene rings is 1. The summed E-state index contributed by atoms with van der Waals surface area (Å²) in [6.07, 6.45) is 0. The molecule has 5 heteroatoms. The van der Waals surface area contributed by atoms with Gasteiger partial charge in [-0.25, -0.2) is 4.39 Å². The Hall–Kier alpha value is -1.62. The van der Waals surface area contributed by atoms with Crippen LogP contribution in [0.4, 0.5) is 4.39 Å². The van der Waals surface area contributed by atoms with Gasteiger partial charge in [0.2, 0.25) is 0 Å². The van der Waals surface area contributed by atoms with Crippen LogP contribution in [0.3, 0.4) is 0 Å². The second-order valence-electron chi connectivity index (χ2n) is 4.67. The van der Waals surface area contributed by atoms with Crippen molar-refractivity contribution in [3.63, 3.8) is 0 Å². The van der Waals surface area contributed by atoms with Crippen LogP contribution in [-0.4, -0.2) is 43.2 Å². The average Bonchev–Trinajstić information content (AvgIpc) is 2.71. The van der Waals surface area contributed by atoms with Crippen LogP contribution in [0.1, 0.15) is 11.5 Å². The summed E-state index contributed by atoms with van der Waals surface area (Å²) in [6.45, 7) is 1.12. The fourth-order valence-corrected chi connectivity index (χ4v) is 2.50. The van der Waals surface area contributed by atoms with Crippen molar-refractivity contribution in [2.45, 2.75) is 5.92 Å². The Morgan fingerprint density at radius 1 is 1.50 bits per heavy atom. The van der Waals surface area contributed by atoms with Crippen LogP contribution >= 0.6 is 0 Å². The molecular formula is C13H16FNO3. The van der Waals surface area contributed by atoms with E-state index in [4.69, 9.17) is 4.74 Å². The second-order valence-corrected chi connectivity index (χ2v) is 4.67. The van der Waals surface area contributed by atoms with E-state index in [1.807, 2.05) is 11.9 Å². The summed E-state index contributed by atoms with van der Waals surface area (Å²) in [4.78, 5) is 13.1. The molecule has 1 aliphatic heterocycles. The van der Waals surface area contributed by atoms with Crippen molar-refractivity contribution in [2.24, 2.45) is 5.92 Å². The van der Waals surface area contributed by atoms with Gasteiger partial charge >= 0.3 is 5.97 Å². The molecule has 4 nitrogen and oxygen atoms in total. The fourth-order valence-electron chi connectivity index (χ4n) is 2.50. The molecule has 1 aromatic rings. The van der Waals surface area contributed by atoms with E-state index in [2.05, 4.69) is 0 Å². The van der Waals surface area contributed by atoms with Crippen LogP contribution < -0.4 is 4.74 Å². The molecule has 1 saturated heterocycles. The molecule has 0 spiro atoms. The van der Waals surface area contributed by atoms with E-state index in [1.165, 1.54) is 13.2 Å². The van der Waals surface area contributed by atoms with Gasteiger partial charge in [0.05, 0.1) is 13.0 Å². The van der Waals surface area contributed by atoms with Gasteiger partial charge in [-0.15, -0.1) is 0 Å². The van der Waals surface area contributed by atoms with Gasteiger partial charge in [0, 0.05) is 19.0 Å². The fraction of sp³-hybridized carbons (Fsp3) is 0.462. The first-order valence-corrected chi connectivity index (χ1v) is 5.77. The first-order chi connectivity index (χ1) is 8.52. The molecule has 0 saturated carbocycles. The Kier molecular flexibility index (Phi) is 3.52. The minimum absolute atomic E-state index is 0.173. The lowest BCUT2D eigenvalue weighted by Gasteiger charge is -2.15. The molecule has 2 atom stereocenters. The van der Waals surface area contributed by atoms with Crippen LogP contribution in [0.25, 0.3) is 0 Å². The van der Waals surface area contributed by atoms with Gasteiger partial charge in [-0.2, -0.15) is 0 Å². The minimum Gasteiger partial charge on any atom is -0.494 e. The average molecular weight is 253 g/mol. The zero-order chi connectivity index (χ0) is 13.3. The molecule has 18 heavy (non-hydrogen) atoms. The van der Waals surface area contributed by atoms with E-state index in [9.17, 15) is 14.3 Å². The normalized spacial score (nSPS) is 24.2. The van der Waals surface area contributed by atoms with E-state index in [1.54, 1.807) is 12.1 Å². The highest BCUT2D eigenvalue weighted by molar-refractivity contribution is 5.72. The van der Waals surface area contributed by atoms with Crippen molar-refractivity contribution in [3.8, 4) is 5.75 Å². The van der Waals surface area contributed by atoms with Gasteiger partial charge in [-0.3, -0.25) is 4.79 Å². The summed E-state index contributed by atoms with van der Waals surface area (Å²) in [7, 11) is 3.28. The van der Waals surface area contributed by atoms with E-state index in [0.29, 0.717) is 18.7 Å². The molecule has 0 bridgehead atoms. The Morgan fingerprint density at radius 3 is 2.78 bits per heavy atom. The quantitative estimate of drug-likeness (QED) is 0.888. The molecule has 1 heterocycles. The van der Waals surface area contributed by atoms with Crippen LogP contribution in [0.15, 0.2) is 18.2 Å². The third-order valence-electron chi connectivity index (χ3n) is 3.42. The molecule has 98 valence electrons. The molecule has 0 aliphatic carbocycles. The summed E-state index contributed by atoms with van der Waals surface area (Å²) < 4.78 is 18.5. The number of methoxy groups -OCH3 is 1. The topological polar surface area (TPSA) is 49.8 Å². The summed E-state index contributed by atoms with van der Waals surface area (Å²) in [5.41, 5.74) is 0.713. The zero-order valence-electron chi connectivity index (χ0n) is 10.4. The standard InChI is InChI=1S/C13H16FNO3/c1-15-6-9(10(7-15)13(16)17)8-3-4-12(18-2)11(14)5-8/h3-5,9-10H,6-7H2,1-2H3,(H,16,17). The summed E-state index contributed by atoms with van der Waals surface area (Å²) in [6, 6.07) is 4.65. The van der Waals surface area contributed by atoms with Crippen molar-refractivity contribution in [3.05, 3.63) is 29.6 Å². The van der Waals surface area contributed by atoms with Gasteiger partial charge in [0.1, 0.15) is 0 Å². The minimum atomic E-state index is -0.833. The van der Waals surface area contributed by atoms with Gasteiger partial charge < -0.3 is 14.7 Å². The number of nitrogens with zero attached hydrogens (tertiary/aromatic N) is 1. The molecule has 1 fully saturated rings. The van der Waals surface area contributed by atoms with E-state index < -0.39 is 17.7 Å². The number of hydrogen-bond donors (Lipinski definition) is 1. The number of aliphatic carboxylic acids is 1. The maximum absolute atomic E-state index is 13.6. The van der Waals surface area contributed by atoms with Crippen molar-refractivity contribution in [2.75, 3.05) is 27.2 Å². The molecule has 1 N–H and O–H groups in total. The monoisotopic (exact) mass is 253 g/mol. The SMILES string of the molecule is COc1ccc(C2CN(C)CC2C(=O)O)cc1F. The third-order valence-corrected chi connectivity index (χ3v) is 3.42. The number of carboxylic acids is 1. The highest BCUT2D eigenvalue weighted by Crippen LogP contribution is 2.33. The molecule has 1 aromatic carbocycles. The van der Waals surface area contributed by atoms with E-state index in [-0.39, 0.29) is 11.7 Å². The maximum atomic E-state index is 13.6. The van der Waals surface area contributed by atoms with E-state index in [0.717, 1.165) is 0 Å². The third kappa shape index (κ3) is 2.31. The number of carbonyl (C=O) groups is 1. The highest BCUT2D eigenvalue weighted by Gasteiger charge is 2.37. The predicted molar refractivity (Wildman–Crippen MR) is 64.3 cm³/mol. The number of carboxylic acid groups (broad SMARTS) is 1. The molecule has 0 radical (unpaired) electrons. The maximum Gasteiger partial charge on any atom is 0.308 e. The summed E-state index contributed by atoms with van der Waals surface area (Å²) in [5.74, 6) is -1.76. The lowest BCUT2D eigenvalue weighted by Crippen LogP contribution is -2.21. The lowest BCUT2D eigenvalue weighted by atomic mass is 9.89. The number of likely N-dealkylation sites (tertiary alicyclic amines) is 1. The summed E-state index contributed by atoms with van der Waals surface area (Å²) >= 11 is 0. The molecule has 1 aliphatic rings. The smallest absolute Gasteiger partial charge is 0.308 e. The Bertz CT molecular complexity index is 464. The predicted octanol–water partition coefficient (Wildman–Crippen LogP) is 1.56. The molecule has 2 rings (SSSR count). The molecular weight excluding hydrogens is 237 g/mol. The van der Waals surface area contributed by atoms with Crippen LogP contribution in [-0.2, 0) is 4.79 Å². The second kappa shape index (κ2) is 4.94. The molecule has 0 aromatic heterocycles. The number of rotatable bonds is 3. The Morgan fingerprint density at radius 2 is 2.22 bits per heavy atom. The Labute approximate surface area is 105 Å². The van der Waals surface area contributed by atoms with Gasteiger partial charge in [-0.1, -0.05) is 6.07 Å². The highest BCUT2D eigenvalue weighted by atomic mass is 19.1. The van der Waals surface area contributed by atoms with Crippen molar-refractivity contribution in [1.82, 2.24) is 4.90 Å². The first kappa shape index (κ1) is 12.8. The molecule has 0 amide bonds. The van der Waals surface area contributed by atoms with Crippen molar-refractivity contribution < 1.29 is 19.0 Å². The lowest BCUT2D eigenvalue weighted by molar-refractivity contribution is -0.141. The van der Waals surface area contributed by atoms with Crippen LogP contribution in [0.5, 0.6) is 5.75 Å². The number of likely N-dealkylation sites (N-methyl/N-ethyl adjacent to an activating group) is 1. The molecule has 2 unspecified atom stereocenters. The van der Waals surface area contributed by atoms with Crippen LogP contribution in [0.2, 0.25) is 0 Å². The van der Waals surface area contributed by atoms with E-state index >= 15 is 0 Å². The van der Waals surface area contributed by atoms with Gasteiger partial charge in [0.25, 0.3) is 0 Å². The largest absolute Gasteiger partial charge is 0.494 e. The number of halogens is 1. The van der Waals surface area contributed by atoms with Crippen molar-refractivity contribution in [1.29, 1.82) is 0 Å². The van der Waals surface area contributed by atoms with Gasteiger partial charge in [0.15, 0.2) is 11.6 Å². The van der Waals surface area contributed by atoms with Crippen molar-refractivity contribution >= 4 is 5.97 Å². The zero-order valence-corrected chi connectivity index (χ0v) is 10.4. The number of ether oxygens (including phenoxy) is 1. The van der Waals surface area contributed by atoms with Gasteiger partial charge in [-0.05, 0) is 24.7 Å². The summed E-state index contributed by atoms with van der Waals surface area (Å²) in [5, 5.41) is 9.19. The first-order valence-electron chi connectivity index (χ1n) is 5.77. The Balaban J connectivity index is 2.30. The number of hydrogen-bond acceptors (Lipinski definition) is 3.